The van der Waals surface area contributed by atoms with Gasteiger partial charge < -0.3 is 10.4 Å². The lowest BCUT2D eigenvalue weighted by Crippen LogP contribution is -2.43. The zero-order valence-electron chi connectivity index (χ0n) is 10.2. The van der Waals surface area contributed by atoms with E-state index in [9.17, 15) is 9.59 Å². The summed E-state index contributed by atoms with van der Waals surface area (Å²) < 4.78 is 0. The van der Waals surface area contributed by atoms with Crippen LogP contribution >= 0.6 is 12.6 Å². The maximum atomic E-state index is 11.8. The van der Waals surface area contributed by atoms with Gasteiger partial charge in [-0.1, -0.05) is 20.8 Å². The second-order valence-corrected chi connectivity index (χ2v) is 5.36. The molecule has 0 spiro atoms. The number of thiol groups is 1. The topological polar surface area (TPSA) is 66.4 Å². The molecule has 0 aromatic rings. The van der Waals surface area contributed by atoms with Crippen LogP contribution in [-0.4, -0.2) is 28.3 Å². The van der Waals surface area contributed by atoms with Crippen molar-refractivity contribution >= 4 is 24.5 Å². The molecule has 1 amide bonds. The van der Waals surface area contributed by atoms with Gasteiger partial charge in [0.2, 0.25) is 5.91 Å². The average Bonchev–Trinajstić information content (AvgIpc) is 2.12. The molecule has 94 valence electrons. The Balaban J connectivity index is 4.44. The van der Waals surface area contributed by atoms with E-state index >= 15 is 0 Å². The lowest BCUT2D eigenvalue weighted by molar-refractivity contribution is -0.142. The molecule has 5 heteroatoms. The third-order valence-corrected chi connectivity index (χ3v) is 2.73. The summed E-state index contributed by atoms with van der Waals surface area (Å²) >= 11 is 4.27. The van der Waals surface area contributed by atoms with Crippen molar-refractivity contribution in [3.05, 3.63) is 0 Å². The molecule has 2 N–H and O–H groups in total. The van der Waals surface area contributed by atoms with Crippen LogP contribution in [0.2, 0.25) is 0 Å². The highest BCUT2D eigenvalue weighted by atomic mass is 32.1. The fourth-order valence-corrected chi connectivity index (χ4v) is 1.67. The monoisotopic (exact) mass is 247 g/mol. The first-order valence-corrected chi connectivity index (χ1v) is 5.98. The van der Waals surface area contributed by atoms with E-state index in [4.69, 9.17) is 5.11 Å². The van der Waals surface area contributed by atoms with E-state index in [1.807, 2.05) is 20.8 Å². The van der Waals surface area contributed by atoms with E-state index in [2.05, 4.69) is 17.9 Å². The van der Waals surface area contributed by atoms with Crippen molar-refractivity contribution in [3.63, 3.8) is 0 Å². The molecule has 0 rings (SSSR count). The Bertz CT molecular complexity index is 254. The van der Waals surface area contributed by atoms with Crippen LogP contribution in [0.4, 0.5) is 0 Å². The molecule has 3 atom stereocenters. The minimum absolute atomic E-state index is 0.0802. The van der Waals surface area contributed by atoms with Crippen LogP contribution in [0.25, 0.3) is 0 Å². The molecule has 0 aliphatic carbocycles. The Hall–Kier alpha value is -0.710. The highest BCUT2D eigenvalue weighted by Gasteiger charge is 2.26. The van der Waals surface area contributed by atoms with Gasteiger partial charge in [-0.15, -0.1) is 0 Å². The Morgan fingerprint density at radius 2 is 1.75 bits per heavy atom. The minimum Gasteiger partial charge on any atom is -0.480 e. The van der Waals surface area contributed by atoms with Crippen molar-refractivity contribution in [2.75, 3.05) is 0 Å². The summed E-state index contributed by atoms with van der Waals surface area (Å²) in [6, 6.07) is -0.853. The fraction of sp³-hybridized carbons (Fsp3) is 0.818. The molecule has 0 saturated carbocycles. The van der Waals surface area contributed by atoms with E-state index in [-0.39, 0.29) is 17.1 Å². The molecule has 4 nitrogen and oxygen atoms in total. The van der Waals surface area contributed by atoms with Crippen LogP contribution < -0.4 is 5.32 Å². The molecule has 0 aromatic carbocycles. The highest BCUT2D eigenvalue weighted by Crippen LogP contribution is 2.19. The second-order valence-electron chi connectivity index (χ2n) is 4.55. The van der Waals surface area contributed by atoms with Gasteiger partial charge >= 0.3 is 5.97 Å². The number of amides is 1. The van der Waals surface area contributed by atoms with Crippen LogP contribution in [-0.2, 0) is 9.59 Å². The van der Waals surface area contributed by atoms with Gasteiger partial charge in [0.25, 0.3) is 0 Å². The third kappa shape index (κ3) is 5.39. The molecule has 0 aliphatic rings. The maximum Gasteiger partial charge on any atom is 0.325 e. The van der Waals surface area contributed by atoms with Gasteiger partial charge in [-0.2, -0.15) is 12.6 Å². The van der Waals surface area contributed by atoms with Gasteiger partial charge in [0.15, 0.2) is 0 Å². The van der Waals surface area contributed by atoms with E-state index in [0.29, 0.717) is 12.3 Å². The summed E-state index contributed by atoms with van der Waals surface area (Å²) in [4.78, 5) is 22.4. The SMILES string of the molecule is CC(C)CC(C(=O)N[C@@H](C)C(=O)O)C(C)S. The van der Waals surface area contributed by atoms with E-state index in [1.165, 1.54) is 6.92 Å². The van der Waals surface area contributed by atoms with Crippen LogP contribution in [0.3, 0.4) is 0 Å². The first-order valence-electron chi connectivity index (χ1n) is 5.47. The minimum atomic E-state index is -1.02. The summed E-state index contributed by atoms with van der Waals surface area (Å²) in [5, 5.41) is 11.1. The number of hydrogen-bond acceptors (Lipinski definition) is 3. The summed E-state index contributed by atoms with van der Waals surface area (Å²) in [5.41, 5.74) is 0. The van der Waals surface area contributed by atoms with E-state index in [0.717, 1.165) is 0 Å². The number of carbonyl (C=O) groups excluding carboxylic acids is 1. The second kappa shape index (κ2) is 6.78. The van der Waals surface area contributed by atoms with Crippen molar-refractivity contribution in [2.45, 2.75) is 45.4 Å². The van der Waals surface area contributed by atoms with Crippen molar-refractivity contribution in [1.29, 1.82) is 0 Å². The molecule has 0 bridgehead atoms. The fourth-order valence-electron chi connectivity index (χ4n) is 1.41. The molecular formula is C11H21NO3S. The van der Waals surface area contributed by atoms with Gasteiger partial charge in [-0.05, 0) is 19.3 Å². The molecule has 0 radical (unpaired) electrons. The highest BCUT2D eigenvalue weighted by molar-refractivity contribution is 7.81. The summed E-state index contributed by atoms with van der Waals surface area (Å²) in [6.07, 6.45) is 0.711. The molecule has 0 saturated heterocycles. The molecular weight excluding hydrogens is 226 g/mol. The van der Waals surface area contributed by atoms with Crippen molar-refractivity contribution in [2.24, 2.45) is 11.8 Å². The smallest absolute Gasteiger partial charge is 0.325 e. The third-order valence-electron chi connectivity index (χ3n) is 2.37. The Kier molecular flexibility index (Phi) is 6.48. The van der Waals surface area contributed by atoms with Gasteiger partial charge in [0.05, 0.1) is 0 Å². The van der Waals surface area contributed by atoms with Gasteiger partial charge in [0.1, 0.15) is 6.04 Å². The van der Waals surface area contributed by atoms with Gasteiger partial charge in [0, 0.05) is 11.2 Å². The van der Waals surface area contributed by atoms with Crippen LogP contribution in [0.15, 0.2) is 0 Å². The molecule has 2 unspecified atom stereocenters. The van der Waals surface area contributed by atoms with E-state index < -0.39 is 12.0 Å². The molecule has 16 heavy (non-hydrogen) atoms. The number of carboxylic acid groups (broad SMARTS) is 1. The Morgan fingerprint density at radius 1 is 1.25 bits per heavy atom. The number of carboxylic acids is 1. The van der Waals surface area contributed by atoms with E-state index in [1.54, 1.807) is 0 Å². The normalized spacial score (nSPS) is 16.6. The molecule has 0 fully saturated rings. The van der Waals surface area contributed by atoms with Crippen LogP contribution in [0.5, 0.6) is 0 Å². The molecule has 0 aromatic heterocycles. The largest absolute Gasteiger partial charge is 0.480 e. The zero-order valence-corrected chi connectivity index (χ0v) is 11.1. The standard InChI is InChI=1S/C11H21NO3S/c1-6(2)5-9(8(4)16)10(13)12-7(3)11(14)15/h6-9,16H,5H2,1-4H3,(H,12,13)(H,14,15)/t7-,8?,9?/m0/s1. The average molecular weight is 247 g/mol. The van der Waals surface area contributed by atoms with Crippen molar-refractivity contribution < 1.29 is 14.7 Å². The zero-order chi connectivity index (χ0) is 12.9. The number of rotatable bonds is 6. The molecule has 0 aliphatic heterocycles. The summed E-state index contributed by atoms with van der Waals surface area (Å²) in [6.45, 7) is 7.35. The maximum absolute atomic E-state index is 11.8. The Morgan fingerprint density at radius 3 is 2.06 bits per heavy atom. The predicted octanol–water partition coefficient (Wildman–Crippen LogP) is 1.56. The van der Waals surface area contributed by atoms with Crippen LogP contribution in [0, 0.1) is 11.8 Å². The van der Waals surface area contributed by atoms with Crippen molar-refractivity contribution in [3.8, 4) is 0 Å². The Labute approximate surface area is 102 Å². The van der Waals surface area contributed by atoms with Gasteiger partial charge in [-0.3, -0.25) is 9.59 Å². The van der Waals surface area contributed by atoms with Crippen LogP contribution in [0.1, 0.15) is 34.1 Å². The summed E-state index contributed by atoms with van der Waals surface area (Å²) in [7, 11) is 0. The predicted molar refractivity (Wildman–Crippen MR) is 66.6 cm³/mol. The number of nitrogens with one attached hydrogen (secondary N) is 1. The number of hydrogen-bond donors (Lipinski definition) is 3. The number of aliphatic carboxylic acids is 1. The molecule has 0 heterocycles. The van der Waals surface area contributed by atoms with Crippen molar-refractivity contribution in [1.82, 2.24) is 5.32 Å². The quantitative estimate of drug-likeness (QED) is 0.624. The number of carbonyl (C=O) groups is 2. The lowest BCUT2D eigenvalue weighted by Gasteiger charge is -2.22. The first kappa shape index (κ1) is 15.3. The summed E-state index contributed by atoms with van der Waals surface area (Å²) in [5.74, 6) is -1.12. The first-order chi connectivity index (χ1) is 7.25. The van der Waals surface area contributed by atoms with Gasteiger partial charge in [-0.25, -0.2) is 0 Å². The lowest BCUT2D eigenvalue weighted by atomic mass is 9.93.